The summed E-state index contributed by atoms with van der Waals surface area (Å²) in [4.78, 5) is 41.6. The van der Waals surface area contributed by atoms with E-state index in [1.165, 1.54) is 29.0 Å². The van der Waals surface area contributed by atoms with Crippen LogP contribution in [0.3, 0.4) is 0 Å². The summed E-state index contributed by atoms with van der Waals surface area (Å²) >= 11 is 0. The van der Waals surface area contributed by atoms with Crippen molar-refractivity contribution in [1.29, 1.82) is 0 Å². The zero-order chi connectivity index (χ0) is 22.8. The van der Waals surface area contributed by atoms with Crippen molar-refractivity contribution in [2.75, 3.05) is 11.9 Å². The maximum Gasteiger partial charge on any atom is 0.416 e. The van der Waals surface area contributed by atoms with Crippen molar-refractivity contribution in [2.45, 2.75) is 26.6 Å². The van der Waals surface area contributed by atoms with Gasteiger partial charge in [0.1, 0.15) is 17.8 Å². The van der Waals surface area contributed by atoms with E-state index in [9.17, 15) is 27.6 Å². The van der Waals surface area contributed by atoms with E-state index in [1.807, 2.05) is 0 Å². The molecule has 1 amide bonds. The lowest BCUT2D eigenvalue weighted by Crippen LogP contribution is -2.25. The van der Waals surface area contributed by atoms with Crippen LogP contribution in [0.2, 0.25) is 0 Å². The molecule has 0 unspecified atom stereocenters. The van der Waals surface area contributed by atoms with Crippen molar-refractivity contribution in [3.05, 3.63) is 69.6 Å². The molecule has 0 bridgehead atoms. The zero-order valence-corrected chi connectivity index (χ0v) is 16.6. The van der Waals surface area contributed by atoms with Crippen molar-refractivity contribution < 1.29 is 27.5 Å². The minimum absolute atomic E-state index is 0.0417. The molecule has 1 aromatic carbocycles. The summed E-state index contributed by atoms with van der Waals surface area (Å²) in [5.41, 5.74) is -1.07. The van der Waals surface area contributed by atoms with Crippen LogP contribution in [0, 0.1) is 6.92 Å². The first kappa shape index (κ1) is 22.0. The minimum Gasteiger partial charge on any atom is -0.462 e. The highest BCUT2D eigenvalue weighted by atomic mass is 19.4. The van der Waals surface area contributed by atoms with Gasteiger partial charge < -0.3 is 14.6 Å². The number of aromatic nitrogens is 2. The molecule has 0 fully saturated rings. The number of ether oxygens (including phenoxy) is 1. The largest absolute Gasteiger partial charge is 0.462 e. The van der Waals surface area contributed by atoms with Crippen LogP contribution in [0.15, 0.2) is 47.4 Å². The monoisotopic (exact) mass is 433 g/mol. The van der Waals surface area contributed by atoms with Crippen LogP contribution in [0.5, 0.6) is 0 Å². The fraction of sp³-hybridized carbons (Fsp3) is 0.238. The third-order valence-electron chi connectivity index (χ3n) is 4.34. The standard InChI is InChI=1S/C21H18F3N3O4/c1-3-31-20(30)16-10-27(19-15(18(16)29)8-7-12(2)25-19)11-17(28)26-14-6-4-5-13(9-14)21(22,23)24/h4-10H,3,11H2,1-2H3,(H,26,28). The summed E-state index contributed by atoms with van der Waals surface area (Å²) in [5.74, 6) is -1.51. The molecule has 3 aromatic rings. The molecule has 162 valence electrons. The molecular weight excluding hydrogens is 415 g/mol. The van der Waals surface area contributed by atoms with Gasteiger partial charge in [-0.25, -0.2) is 9.78 Å². The molecule has 0 aliphatic rings. The molecule has 3 rings (SSSR count). The van der Waals surface area contributed by atoms with Gasteiger partial charge in [0.2, 0.25) is 11.3 Å². The SMILES string of the molecule is CCOC(=O)c1cn(CC(=O)Nc2cccc(C(F)(F)F)c2)c2nc(C)ccc2c1=O. The Balaban J connectivity index is 1.97. The lowest BCUT2D eigenvalue weighted by atomic mass is 10.1. The average molecular weight is 433 g/mol. The van der Waals surface area contributed by atoms with E-state index >= 15 is 0 Å². The molecular formula is C21H18F3N3O4. The Morgan fingerprint density at radius 2 is 1.94 bits per heavy atom. The van der Waals surface area contributed by atoms with Gasteiger partial charge in [-0.15, -0.1) is 0 Å². The van der Waals surface area contributed by atoms with Gasteiger partial charge in [0.25, 0.3) is 0 Å². The van der Waals surface area contributed by atoms with Crippen molar-refractivity contribution in [3.8, 4) is 0 Å². The molecule has 2 aromatic heterocycles. The number of hydrogen-bond donors (Lipinski definition) is 1. The Hall–Kier alpha value is -3.69. The maximum atomic E-state index is 12.9. The van der Waals surface area contributed by atoms with Crippen LogP contribution in [0.4, 0.5) is 18.9 Å². The molecule has 0 radical (unpaired) electrons. The fourth-order valence-electron chi connectivity index (χ4n) is 2.96. The molecule has 0 spiro atoms. The summed E-state index contributed by atoms with van der Waals surface area (Å²) in [5, 5.41) is 2.50. The number of benzene rings is 1. The van der Waals surface area contributed by atoms with E-state index in [-0.39, 0.29) is 28.9 Å². The number of hydrogen-bond acceptors (Lipinski definition) is 5. The predicted octanol–water partition coefficient (Wildman–Crippen LogP) is 3.54. The number of rotatable bonds is 5. The van der Waals surface area contributed by atoms with Crippen LogP contribution >= 0.6 is 0 Å². The normalized spacial score (nSPS) is 11.4. The Bertz CT molecular complexity index is 1220. The van der Waals surface area contributed by atoms with Crippen molar-refractivity contribution >= 4 is 28.6 Å². The maximum absolute atomic E-state index is 12.9. The number of carbonyl (C=O) groups is 2. The van der Waals surface area contributed by atoms with Crippen molar-refractivity contribution in [3.63, 3.8) is 0 Å². The number of esters is 1. The van der Waals surface area contributed by atoms with E-state index in [4.69, 9.17) is 4.74 Å². The second kappa shape index (κ2) is 8.58. The number of amides is 1. The molecule has 0 aliphatic heterocycles. The molecule has 0 atom stereocenters. The highest BCUT2D eigenvalue weighted by molar-refractivity contribution is 5.95. The predicted molar refractivity (Wildman–Crippen MR) is 107 cm³/mol. The van der Waals surface area contributed by atoms with Gasteiger partial charge in [-0.2, -0.15) is 13.2 Å². The average Bonchev–Trinajstić information content (AvgIpc) is 2.69. The number of nitrogens with one attached hydrogen (secondary N) is 1. The van der Waals surface area contributed by atoms with E-state index in [0.29, 0.717) is 5.69 Å². The molecule has 0 saturated carbocycles. The topological polar surface area (TPSA) is 90.3 Å². The van der Waals surface area contributed by atoms with Gasteiger partial charge in [-0.1, -0.05) is 6.07 Å². The molecule has 0 aliphatic carbocycles. The number of carbonyl (C=O) groups excluding carboxylic acids is 2. The lowest BCUT2D eigenvalue weighted by molar-refractivity contribution is -0.137. The summed E-state index contributed by atoms with van der Waals surface area (Å²) < 4.78 is 44.9. The Morgan fingerprint density at radius 1 is 1.19 bits per heavy atom. The van der Waals surface area contributed by atoms with E-state index in [0.717, 1.165) is 12.1 Å². The minimum atomic E-state index is -4.55. The molecule has 2 heterocycles. The number of fused-ring (bicyclic) bond motifs is 1. The summed E-state index contributed by atoms with van der Waals surface area (Å²) in [6, 6.07) is 7.28. The summed E-state index contributed by atoms with van der Waals surface area (Å²) in [6.45, 7) is 2.94. The van der Waals surface area contributed by atoms with Gasteiger partial charge in [0.15, 0.2) is 0 Å². The van der Waals surface area contributed by atoms with E-state index < -0.39 is 35.6 Å². The smallest absolute Gasteiger partial charge is 0.416 e. The number of nitrogens with zero attached hydrogens (tertiary/aromatic N) is 2. The number of pyridine rings is 2. The number of aryl methyl sites for hydroxylation is 1. The van der Waals surface area contributed by atoms with Crippen LogP contribution in [-0.2, 0) is 22.3 Å². The molecule has 7 nitrogen and oxygen atoms in total. The first-order valence-corrected chi connectivity index (χ1v) is 9.25. The van der Waals surface area contributed by atoms with Crippen molar-refractivity contribution in [2.24, 2.45) is 0 Å². The zero-order valence-electron chi connectivity index (χ0n) is 16.6. The highest BCUT2D eigenvalue weighted by Crippen LogP contribution is 2.30. The van der Waals surface area contributed by atoms with E-state index in [2.05, 4.69) is 10.3 Å². The first-order valence-electron chi connectivity index (χ1n) is 9.25. The summed E-state index contributed by atoms with van der Waals surface area (Å²) in [7, 11) is 0. The third-order valence-corrected chi connectivity index (χ3v) is 4.34. The number of anilines is 1. The Morgan fingerprint density at radius 3 is 2.61 bits per heavy atom. The van der Waals surface area contributed by atoms with Gasteiger partial charge in [0.05, 0.1) is 17.6 Å². The lowest BCUT2D eigenvalue weighted by Gasteiger charge is -2.14. The summed E-state index contributed by atoms with van der Waals surface area (Å²) in [6.07, 6.45) is -3.38. The van der Waals surface area contributed by atoms with Crippen LogP contribution in [0.1, 0.15) is 28.5 Å². The van der Waals surface area contributed by atoms with Gasteiger partial charge in [-0.3, -0.25) is 9.59 Å². The highest BCUT2D eigenvalue weighted by Gasteiger charge is 2.30. The Kier molecular flexibility index (Phi) is 6.09. The van der Waals surface area contributed by atoms with Crippen LogP contribution in [0.25, 0.3) is 11.0 Å². The van der Waals surface area contributed by atoms with Gasteiger partial charge >= 0.3 is 12.1 Å². The van der Waals surface area contributed by atoms with Crippen LogP contribution < -0.4 is 10.7 Å². The second-order valence-electron chi connectivity index (χ2n) is 6.67. The molecule has 10 heteroatoms. The number of halogens is 3. The third kappa shape index (κ3) is 4.90. The second-order valence-corrected chi connectivity index (χ2v) is 6.67. The number of alkyl halides is 3. The van der Waals surface area contributed by atoms with E-state index in [1.54, 1.807) is 19.9 Å². The first-order chi connectivity index (χ1) is 14.6. The fourth-order valence-corrected chi connectivity index (χ4v) is 2.96. The molecule has 0 saturated heterocycles. The van der Waals surface area contributed by atoms with Gasteiger partial charge in [-0.05, 0) is 44.2 Å². The molecule has 1 N–H and O–H groups in total. The van der Waals surface area contributed by atoms with Crippen molar-refractivity contribution in [1.82, 2.24) is 9.55 Å². The quantitative estimate of drug-likeness (QED) is 0.622. The Labute approximate surface area is 174 Å². The molecule has 31 heavy (non-hydrogen) atoms. The van der Waals surface area contributed by atoms with Crippen LogP contribution in [-0.4, -0.2) is 28.0 Å². The van der Waals surface area contributed by atoms with Gasteiger partial charge in [0, 0.05) is 17.6 Å².